The summed E-state index contributed by atoms with van der Waals surface area (Å²) in [7, 11) is 0. The third kappa shape index (κ3) is 7.48. The second-order valence-electron chi connectivity index (χ2n) is 8.09. The number of hydrogen-bond acceptors (Lipinski definition) is 4. The average Bonchev–Trinajstić information content (AvgIpc) is 2.69. The molecule has 162 valence electrons. The zero-order valence-corrected chi connectivity index (χ0v) is 18.8. The number of ether oxygens (including phenoxy) is 1. The van der Waals surface area contributed by atoms with Crippen molar-refractivity contribution >= 4 is 11.6 Å². The van der Waals surface area contributed by atoms with E-state index in [0.717, 1.165) is 38.8 Å². The van der Waals surface area contributed by atoms with Crippen LogP contribution in [0.2, 0.25) is 0 Å². The van der Waals surface area contributed by atoms with Crippen molar-refractivity contribution in [3.63, 3.8) is 0 Å². The Bertz CT molecular complexity index is 670. The van der Waals surface area contributed by atoms with E-state index in [1.54, 1.807) is 6.92 Å². The highest BCUT2D eigenvalue weighted by atomic mass is 16.5. The Hall–Kier alpha value is -1.85. The van der Waals surface area contributed by atoms with Gasteiger partial charge in [-0.2, -0.15) is 0 Å². The maximum absolute atomic E-state index is 11.8. The molecule has 0 spiro atoms. The summed E-state index contributed by atoms with van der Waals surface area (Å²) < 4.78 is 6.29. The monoisotopic (exact) mass is 401 g/mol. The molecule has 3 atom stereocenters. The van der Waals surface area contributed by atoms with Gasteiger partial charge in [-0.1, -0.05) is 38.1 Å². The van der Waals surface area contributed by atoms with Crippen LogP contribution in [0.1, 0.15) is 57.6 Å². The first-order chi connectivity index (χ1) is 13.9. The Balaban J connectivity index is 1.86. The smallest absolute Gasteiger partial charge is 0.217 e. The SMILES string of the molecule is CCC(CC)O[C@@H]1C=CC[C@H](NCCCNc2cc(C)ccc2C)[C@H]1NC(C)=O. The molecule has 5 nitrogen and oxygen atoms in total. The van der Waals surface area contributed by atoms with Crippen LogP contribution >= 0.6 is 0 Å². The van der Waals surface area contributed by atoms with Crippen LogP contribution < -0.4 is 16.0 Å². The molecule has 1 aliphatic carbocycles. The molecule has 0 saturated heterocycles. The van der Waals surface area contributed by atoms with Gasteiger partial charge in [0.2, 0.25) is 5.91 Å². The van der Waals surface area contributed by atoms with Crippen molar-refractivity contribution in [2.45, 2.75) is 84.6 Å². The van der Waals surface area contributed by atoms with E-state index >= 15 is 0 Å². The van der Waals surface area contributed by atoms with Gasteiger partial charge in [0.05, 0.1) is 18.2 Å². The first-order valence-corrected chi connectivity index (χ1v) is 11.1. The van der Waals surface area contributed by atoms with E-state index in [9.17, 15) is 4.79 Å². The Kier molecular flexibility index (Phi) is 9.68. The van der Waals surface area contributed by atoms with Gasteiger partial charge in [0, 0.05) is 25.2 Å². The van der Waals surface area contributed by atoms with E-state index in [0.29, 0.717) is 0 Å². The summed E-state index contributed by atoms with van der Waals surface area (Å²) in [4.78, 5) is 11.8. The minimum Gasteiger partial charge on any atom is -0.385 e. The minimum atomic E-state index is -0.0804. The second kappa shape index (κ2) is 12.0. The fourth-order valence-electron chi connectivity index (χ4n) is 3.84. The number of hydrogen-bond donors (Lipinski definition) is 3. The molecule has 1 aliphatic rings. The van der Waals surface area contributed by atoms with Gasteiger partial charge in [0.15, 0.2) is 0 Å². The number of aryl methyl sites for hydroxylation is 2. The molecule has 0 aliphatic heterocycles. The van der Waals surface area contributed by atoms with Crippen LogP contribution in [0.3, 0.4) is 0 Å². The van der Waals surface area contributed by atoms with Gasteiger partial charge in [-0.05, 0) is 63.3 Å². The highest BCUT2D eigenvalue weighted by molar-refractivity contribution is 5.73. The Morgan fingerprint density at radius 1 is 1.21 bits per heavy atom. The first kappa shape index (κ1) is 23.4. The molecule has 0 saturated carbocycles. The van der Waals surface area contributed by atoms with Crippen molar-refractivity contribution < 1.29 is 9.53 Å². The van der Waals surface area contributed by atoms with Crippen molar-refractivity contribution in [1.29, 1.82) is 0 Å². The summed E-state index contributed by atoms with van der Waals surface area (Å²) in [5, 5.41) is 10.3. The molecule has 1 aromatic rings. The van der Waals surface area contributed by atoms with Crippen LogP contribution in [0.4, 0.5) is 5.69 Å². The molecule has 3 N–H and O–H groups in total. The molecule has 0 radical (unpaired) electrons. The molecule has 5 heteroatoms. The van der Waals surface area contributed by atoms with E-state index in [4.69, 9.17) is 4.74 Å². The van der Waals surface area contributed by atoms with Gasteiger partial charge in [0.25, 0.3) is 0 Å². The molecular weight excluding hydrogens is 362 g/mol. The number of rotatable bonds is 11. The Morgan fingerprint density at radius 3 is 2.66 bits per heavy atom. The number of anilines is 1. The van der Waals surface area contributed by atoms with E-state index in [1.807, 2.05) is 0 Å². The van der Waals surface area contributed by atoms with Crippen LogP contribution in [0.25, 0.3) is 0 Å². The van der Waals surface area contributed by atoms with Crippen LogP contribution in [-0.4, -0.2) is 43.3 Å². The zero-order chi connectivity index (χ0) is 21.2. The number of carbonyl (C=O) groups is 1. The van der Waals surface area contributed by atoms with Crippen molar-refractivity contribution in [1.82, 2.24) is 10.6 Å². The van der Waals surface area contributed by atoms with E-state index in [2.05, 4.69) is 74.0 Å². The maximum Gasteiger partial charge on any atom is 0.217 e. The quantitative estimate of drug-likeness (QED) is 0.386. The topological polar surface area (TPSA) is 62.4 Å². The van der Waals surface area contributed by atoms with Crippen LogP contribution in [0.5, 0.6) is 0 Å². The summed E-state index contributed by atoms with van der Waals surface area (Å²) in [6, 6.07) is 6.64. The standard InChI is InChI=1S/C24H39N3O2/c1-6-20(7-2)29-23-11-8-10-21(24(23)27-19(5)28)25-14-9-15-26-22-16-17(3)12-13-18(22)4/h8,11-13,16,20-21,23-26H,6-7,9-10,14-15H2,1-5H3,(H,27,28)/t21-,23+,24+/m0/s1. The fourth-order valence-corrected chi connectivity index (χ4v) is 3.84. The fraction of sp³-hybridized carbons (Fsp3) is 0.625. The van der Waals surface area contributed by atoms with Crippen LogP contribution in [-0.2, 0) is 9.53 Å². The Morgan fingerprint density at radius 2 is 1.97 bits per heavy atom. The molecule has 29 heavy (non-hydrogen) atoms. The lowest BCUT2D eigenvalue weighted by molar-refractivity contribution is -0.121. The van der Waals surface area contributed by atoms with E-state index < -0.39 is 0 Å². The lowest BCUT2D eigenvalue weighted by atomic mass is 9.92. The maximum atomic E-state index is 11.8. The van der Waals surface area contributed by atoms with Gasteiger partial charge >= 0.3 is 0 Å². The summed E-state index contributed by atoms with van der Waals surface area (Å²) in [5.41, 5.74) is 3.75. The van der Waals surface area contributed by atoms with Crippen molar-refractivity contribution in [2.75, 3.05) is 18.4 Å². The molecule has 1 aromatic carbocycles. The molecular formula is C24H39N3O2. The van der Waals surface area contributed by atoms with Crippen LogP contribution in [0, 0.1) is 13.8 Å². The summed E-state index contributed by atoms with van der Waals surface area (Å²) in [5.74, 6) is -0.00756. The van der Waals surface area contributed by atoms with Crippen molar-refractivity contribution in [3.8, 4) is 0 Å². The zero-order valence-electron chi connectivity index (χ0n) is 18.8. The molecule has 0 fully saturated rings. The van der Waals surface area contributed by atoms with E-state index in [-0.39, 0.29) is 30.2 Å². The largest absolute Gasteiger partial charge is 0.385 e. The van der Waals surface area contributed by atoms with Crippen LogP contribution in [0.15, 0.2) is 30.4 Å². The lowest BCUT2D eigenvalue weighted by Crippen LogP contribution is -2.57. The second-order valence-corrected chi connectivity index (χ2v) is 8.09. The van der Waals surface area contributed by atoms with Gasteiger partial charge in [-0.25, -0.2) is 0 Å². The number of amides is 1. The molecule has 2 rings (SSSR count). The van der Waals surface area contributed by atoms with Crippen molar-refractivity contribution in [3.05, 3.63) is 41.5 Å². The molecule has 1 amide bonds. The highest BCUT2D eigenvalue weighted by Gasteiger charge is 2.32. The van der Waals surface area contributed by atoms with Gasteiger partial charge in [-0.15, -0.1) is 0 Å². The number of benzene rings is 1. The predicted molar refractivity (Wildman–Crippen MR) is 121 cm³/mol. The Labute approximate surface area is 176 Å². The van der Waals surface area contributed by atoms with Gasteiger partial charge in [-0.3, -0.25) is 4.79 Å². The highest BCUT2D eigenvalue weighted by Crippen LogP contribution is 2.20. The number of carbonyl (C=O) groups excluding carboxylic acids is 1. The normalized spacial score (nSPS) is 21.4. The van der Waals surface area contributed by atoms with Gasteiger partial charge < -0.3 is 20.7 Å². The summed E-state index contributed by atoms with van der Waals surface area (Å²) in [6.45, 7) is 11.9. The average molecular weight is 402 g/mol. The summed E-state index contributed by atoms with van der Waals surface area (Å²) in [6.07, 6.45) is 8.31. The lowest BCUT2D eigenvalue weighted by Gasteiger charge is -2.37. The number of nitrogens with one attached hydrogen (secondary N) is 3. The van der Waals surface area contributed by atoms with E-state index in [1.165, 1.54) is 16.8 Å². The molecule has 0 aromatic heterocycles. The van der Waals surface area contributed by atoms with Crippen molar-refractivity contribution in [2.24, 2.45) is 0 Å². The molecule has 0 heterocycles. The third-order valence-corrected chi connectivity index (χ3v) is 5.60. The predicted octanol–water partition coefficient (Wildman–Crippen LogP) is 4.10. The molecule has 0 unspecified atom stereocenters. The van der Waals surface area contributed by atoms with Gasteiger partial charge in [0.1, 0.15) is 0 Å². The third-order valence-electron chi connectivity index (χ3n) is 5.60. The minimum absolute atomic E-state index is 0.00756. The first-order valence-electron chi connectivity index (χ1n) is 11.1. The summed E-state index contributed by atoms with van der Waals surface area (Å²) >= 11 is 0. The molecule has 0 bridgehead atoms.